The van der Waals surface area contributed by atoms with Crippen molar-refractivity contribution in [2.24, 2.45) is 0 Å². The lowest BCUT2D eigenvalue weighted by molar-refractivity contribution is 0.464. The fourth-order valence-corrected chi connectivity index (χ4v) is 0.704. The molecule has 1 heterocycles. The minimum atomic E-state index is 0.131. The number of anilines is 1. The number of aryl methyl sites for hydroxylation is 1. The van der Waals surface area contributed by atoms with Gasteiger partial charge in [-0.3, -0.25) is 0 Å². The lowest BCUT2D eigenvalue weighted by atomic mass is 10.4. The van der Waals surface area contributed by atoms with E-state index in [1.165, 1.54) is 6.20 Å². The van der Waals surface area contributed by atoms with Crippen LogP contribution >= 0.6 is 0 Å². The van der Waals surface area contributed by atoms with Crippen molar-refractivity contribution in [3.63, 3.8) is 0 Å². The van der Waals surface area contributed by atoms with Gasteiger partial charge < -0.3 is 10.4 Å². The van der Waals surface area contributed by atoms with Gasteiger partial charge in [-0.1, -0.05) is 0 Å². The van der Waals surface area contributed by atoms with Crippen LogP contribution in [0.2, 0.25) is 0 Å². The summed E-state index contributed by atoms with van der Waals surface area (Å²) in [6, 6.07) is 0. The average molecular weight is 153 g/mol. The molecule has 0 atom stereocenters. The van der Waals surface area contributed by atoms with Crippen LogP contribution in [0.3, 0.4) is 0 Å². The van der Waals surface area contributed by atoms with Crippen molar-refractivity contribution in [3.8, 4) is 5.75 Å². The van der Waals surface area contributed by atoms with Gasteiger partial charge in [-0.2, -0.15) is 0 Å². The summed E-state index contributed by atoms with van der Waals surface area (Å²) < 4.78 is 0. The maximum Gasteiger partial charge on any atom is 0.223 e. The Bertz CT molecular complexity index is 249. The Morgan fingerprint density at radius 3 is 2.91 bits per heavy atom. The van der Waals surface area contributed by atoms with Crippen LogP contribution in [0.1, 0.15) is 12.6 Å². The van der Waals surface area contributed by atoms with Crippen molar-refractivity contribution in [3.05, 3.63) is 11.9 Å². The molecule has 1 aromatic rings. The number of hydrogen-bond acceptors (Lipinski definition) is 4. The van der Waals surface area contributed by atoms with Crippen LogP contribution in [0.15, 0.2) is 6.20 Å². The molecule has 0 bridgehead atoms. The molecule has 60 valence electrons. The smallest absolute Gasteiger partial charge is 0.223 e. The van der Waals surface area contributed by atoms with E-state index in [0.29, 0.717) is 11.6 Å². The van der Waals surface area contributed by atoms with Gasteiger partial charge in [0.15, 0.2) is 5.75 Å². The van der Waals surface area contributed by atoms with Crippen molar-refractivity contribution < 1.29 is 5.11 Å². The standard InChI is InChI=1S/C7H11N3O/c1-3-8-7-9-4-6(11)5(2)10-7/h4,11H,3H2,1-2H3,(H,8,9,10). The molecule has 4 nitrogen and oxygen atoms in total. The monoisotopic (exact) mass is 153 g/mol. The van der Waals surface area contributed by atoms with Crippen LogP contribution in [-0.2, 0) is 0 Å². The molecule has 2 N–H and O–H groups in total. The Kier molecular flexibility index (Phi) is 2.25. The molecular weight excluding hydrogens is 142 g/mol. The zero-order valence-corrected chi connectivity index (χ0v) is 6.63. The minimum absolute atomic E-state index is 0.131. The number of nitrogens with zero attached hydrogens (tertiary/aromatic N) is 2. The first-order valence-corrected chi connectivity index (χ1v) is 3.50. The largest absolute Gasteiger partial charge is 0.504 e. The summed E-state index contributed by atoms with van der Waals surface area (Å²) in [7, 11) is 0. The Hall–Kier alpha value is -1.32. The van der Waals surface area contributed by atoms with Gasteiger partial charge >= 0.3 is 0 Å². The summed E-state index contributed by atoms with van der Waals surface area (Å²) in [4.78, 5) is 7.85. The highest BCUT2D eigenvalue weighted by Crippen LogP contribution is 2.12. The molecule has 0 aliphatic carbocycles. The minimum Gasteiger partial charge on any atom is -0.504 e. The van der Waals surface area contributed by atoms with Crippen LogP contribution in [0.4, 0.5) is 5.95 Å². The van der Waals surface area contributed by atoms with E-state index in [4.69, 9.17) is 5.11 Å². The Morgan fingerprint density at radius 1 is 1.64 bits per heavy atom. The second-order valence-electron chi connectivity index (χ2n) is 2.19. The molecule has 0 amide bonds. The summed E-state index contributed by atoms with van der Waals surface area (Å²) in [6.45, 7) is 4.48. The van der Waals surface area contributed by atoms with Crippen LogP contribution in [0.25, 0.3) is 0 Å². The molecule has 1 aromatic heterocycles. The quantitative estimate of drug-likeness (QED) is 0.663. The van der Waals surface area contributed by atoms with Gasteiger partial charge in [-0.25, -0.2) is 9.97 Å². The van der Waals surface area contributed by atoms with E-state index in [9.17, 15) is 0 Å². The van der Waals surface area contributed by atoms with Gasteiger partial charge in [-0.15, -0.1) is 0 Å². The lowest BCUT2D eigenvalue weighted by Gasteiger charge is -2.01. The third kappa shape index (κ3) is 1.80. The fraction of sp³-hybridized carbons (Fsp3) is 0.429. The Morgan fingerprint density at radius 2 is 2.36 bits per heavy atom. The lowest BCUT2D eigenvalue weighted by Crippen LogP contribution is -2.02. The van der Waals surface area contributed by atoms with E-state index in [1.807, 2.05) is 6.92 Å². The molecule has 0 fully saturated rings. The van der Waals surface area contributed by atoms with Crippen molar-refractivity contribution in [2.45, 2.75) is 13.8 Å². The van der Waals surface area contributed by atoms with E-state index in [0.717, 1.165) is 6.54 Å². The topological polar surface area (TPSA) is 58.0 Å². The molecule has 4 heteroatoms. The first-order chi connectivity index (χ1) is 5.24. The number of nitrogens with one attached hydrogen (secondary N) is 1. The molecule has 0 aliphatic heterocycles. The fourth-order valence-electron chi connectivity index (χ4n) is 0.704. The molecule has 0 saturated heterocycles. The number of aromatic nitrogens is 2. The highest BCUT2D eigenvalue weighted by atomic mass is 16.3. The van der Waals surface area contributed by atoms with Crippen LogP contribution < -0.4 is 5.32 Å². The summed E-state index contributed by atoms with van der Waals surface area (Å²) in [5, 5.41) is 12.0. The van der Waals surface area contributed by atoms with E-state index < -0.39 is 0 Å². The predicted octanol–water partition coefficient (Wildman–Crippen LogP) is 0.922. The maximum absolute atomic E-state index is 9.06. The third-order valence-corrected chi connectivity index (χ3v) is 1.29. The van der Waals surface area contributed by atoms with E-state index >= 15 is 0 Å². The number of rotatable bonds is 2. The zero-order valence-electron chi connectivity index (χ0n) is 6.63. The van der Waals surface area contributed by atoms with Crippen molar-refractivity contribution in [2.75, 3.05) is 11.9 Å². The van der Waals surface area contributed by atoms with Gasteiger partial charge in [-0.05, 0) is 13.8 Å². The predicted molar refractivity (Wildman–Crippen MR) is 42.6 cm³/mol. The molecule has 0 saturated carbocycles. The molecule has 0 spiro atoms. The van der Waals surface area contributed by atoms with Gasteiger partial charge in [0.1, 0.15) is 0 Å². The number of aromatic hydroxyl groups is 1. The molecule has 0 aromatic carbocycles. The molecule has 0 unspecified atom stereocenters. The molecule has 1 rings (SSSR count). The average Bonchev–Trinajstić information content (AvgIpc) is 1.98. The third-order valence-electron chi connectivity index (χ3n) is 1.29. The molecule has 0 radical (unpaired) electrons. The van der Waals surface area contributed by atoms with Gasteiger partial charge in [0.25, 0.3) is 0 Å². The maximum atomic E-state index is 9.06. The summed E-state index contributed by atoms with van der Waals surface area (Å²) in [6.07, 6.45) is 1.39. The van der Waals surface area contributed by atoms with Gasteiger partial charge in [0, 0.05) is 6.54 Å². The normalized spacial score (nSPS) is 9.64. The van der Waals surface area contributed by atoms with E-state index in [2.05, 4.69) is 15.3 Å². The second-order valence-corrected chi connectivity index (χ2v) is 2.19. The first-order valence-electron chi connectivity index (χ1n) is 3.50. The highest BCUT2D eigenvalue weighted by Gasteiger charge is 1.98. The van der Waals surface area contributed by atoms with Crippen LogP contribution in [0.5, 0.6) is 5.75 Å². The summed E-state index contributed by atoms with van der Waals surface area (Å²) in [5.74, 6) is 0.689. The molecule has 0 aliphatic rings. The van der Waals surface area contributed by atoms with Crippen molar-refractivity contribution in [1.29, 1.82) is 0 Å². The molecule has 11 heavy (non-hydrogen) atoms. The molecular formula is C7H11N3O. The number of hydrogen-bond donors (Lipinski definition) is 2. The van der Waals surface area contributed by atoms with Crippen molar-refractivity contribution >= 4 is 5.95 Å². The van der Waals surface area contributed by atoms with E-state index in [-0.39, 0.29) is 5.75 Å². The zero-order chi connectivity index (χ0) is 8.27. The van der Waals surface area contributed by atoms with E-state index in [1.54, 1.807) is 6.92 Å². The highest BCUT2D eigenvalue weighted by molar-refractivity contribution is 5.31. The SMILES string of the molecule is CCNc1ncc(O)c(C)n1. The summed E-state index contributed by atoms with van der Waals surface area (Å²) >= 11 is 0. The van der Waals surface area contributed by atoms with Gasteiger partial charge in [0.2, 0.25) is 5.95 Å². The Labute approximate surface area is 65.3 Å². The second kappa shape index (κ2) is 3.18. The van der Waals surface area contributed by atoms with Crippen molar-refractivity contribution in [1.82, 2.24) is 9.97 Å². The van der Waals surface area contributed by atoms with Gasteiger partial charge in [0.05, 0.1) is 11.9 Å². The van der Waals surface area contributed by atoms with Crippen LogP contribution in [0, 0.1) is 6.92 Å². The Balaban J connectivity index is 2.86. The summed E-state index contributed by atoms with van der Waals surface area (Å²) in [5.41, 5.74) is 0.593. The first kappa shape index (κ1) is 7.78. The van der Waals surface area contributed by atoms with Crippen LogP contribution in [-0.4, -0.2) is 21.6 Å².